The van der Waals surface area contributed by atoms with Crippen LogP contribution < -0.4 is 5.32 Å². The molecule has 0 saturated carbocycles. The predicted molar refractivity (Wildman–Crippen MR) is 77.6 cm³/mol. The number of aryl methyl sites for hydroxylation is 1. The number of hydrogen-bond donors (Lipinski definition) is 1. The van der Waals surface area contributed by atoms with Gasteiger partial charge in [0.1, 0.15) is 5.76 Å². The van der Waals surface area contributed by atoms with Crippen LogP contribution in [0.2, 0.25) is 0 Å². The number of rotatable bonds is 3. The Hall–Kier alpha value is -2.10. The summed E-state index contributed by atoms with van der Waals surface area (Å²) >= 11 is 0. The van der Waals surface area contributed by atoms with Crippen LogP contribution >= 0.6 is 0 Å². The van der Waals surface area contributed by atoms with Crippen LogP contribution in [0.3, 0.4) is 0 Å². The third-order valence-corrected chi connectivity index (χ3v) is 3.30. The highest BCUT2D eigenvalue weighted by Crippen LogP contribution is 2.22. The van der Waals surface area contributed by atoms with E-state index in [2.05, 4.69) is 31.2 Å². The molecule has 1 aromatic heterocycles. The lowest BCUT2D eigenvalue weighted by Crippen LogP contribution is -2.23. The van der Waals surface area contributed by atoms with Crippen molar-refractivity contribution in [3.8, 4) is 0 Å². The summed E-state index contributed by atoms with van der Waals surface area (Å²) in [6.45, 7) is 8.70. The van der Waals surface area contributed by atoms with Crippen molar-refractivity contribution >= 4 is 5.91 Å². The topological polar surface area (TPSA) is 55.1 Å². The molecule has 2 rings (SSSR count). The maximum atomic E-state index is 12.1. The number of nitrogens with zero attached hydrogens (tertiary/aromatic N) is 1. The summed E-state index contributed by atoms with van der Waals surface area (Å²) < 4.78 is 4.95. The van der Waals surface area contributed by atoms with Crippen LogP contribution in [0.4, 0.5) is 0 Å². The molecular formula is C16H20N2O2. The number of carbonyl (C=O) groups is 1. The maximum Gasteiger partial charge on any atom is 0.251 e. The largest absolute Gasteiger partial charge is 0.361 e. The van der Waals surface area contributed by atoms with Gasteiger partial charge in [-0.25, -0.2) is 0 Å². The van der Waals surface area contributed by atoms with Crippen molar-refractivity contribution in [2.24, 2.45) is 0 Å². The van der Waals surface area contributed by atoms with E-state index in [9.17, 15) is 4.79 Å². The van der Waals surface area contributed by atoms with Gasteiger partial charge >= 0.3 is 0 Å². The van der Waals surface area contributed by atoms with Crippen molar-refractivity contribution in [1.29, 1.82) is 0 Å². The Morgan fingerprint density at radius 3 is 2.40 bits per heavy atom. The summed E-state index contributed by atoms with van der Waals surface area (Å²) in [5.41, 5.74) is 2.86. The van der Waals surface area contributed by atoms with Crippen molar-refractivity contribution in [1.82, 2.24) is 10.5 Å². The van der Waals surface area contributed by atoms with Gasteiger partial charge in [0.25, 0.3) is 5.91 Å². The lowest BCUT2D eigenvalue weighted by atomic mass is 9.87. The van der Waals surface area contributed by atoms with E-state index in [0.29, 0.717) is 12.1 Å². The summed E-state index contributed by atoms with van der Waals surface area (Å²) in [4.78, 5) is 12.1. The average molecular weight is 272 g/mol. The smallest absolute Gasteiger partial charge is 0.251 e. The summed E-state index contributed by atoms with van der Waals surface area (Å²) in [7, 11) is 0. The molecule has 0 atom stereocenters. The number of benzene rings is 1. The Labute approximate surface area is 119 Å². The van der Waals surface area contributed by atoms with Gasteiger partial charge in [-0.15, -0.1) is 0 Å². The maximum absolute atomic E-state index is 12.1. The zero-order chi connectivity index (χ0) is 14.8. The standard InChI is InChI=1S/C16H20N2O2/c1-11-13(10-18-20-11)9-17-15(19)12-5-7-14(8-6-12)16(2,3)4/h5-8,10H,9H2,1-4H3,(H,17,19). The third kappa shape index (κ3) is 3.26. The van der Waals surface area contributed by atoms with E-state index in [-0.39, 0.29) is 11.3 Å². The first-order valence-electron chi connectivity index (χ1n) is 6.67. The highest BCUT2D eigenvalue weighted by Gasteiger charge is 2.14. The van der Waals surface area contributed by atoms with Crippen LogP contribution in [0.5, 0.6) is 0 Å². The van der Waals surface area contributed by atoms with Gasteiger partial charge in [0, 0.05) is 17.7 Å². The van der Waals surface area contributed by atoms with Gasteiger partial charge in [0.2, 0.25) is 0 Å². The lowest BCUT2D eigenvalue weighted by molar-refractivity contribution is 0.0951. The van der Waals surface area contributed by atoms with E-state index in [1.165, 1.54) is 5.56 Å². The van der Waals surface area contributed by atoms with Gasteiger partial charge in [-0.3, -0.25) is 4.79 Å². The Bertz CT molecular complexity index is 592. The monoisotopic (exact) mass is 272 g/mol. The summed E-state index contributed by atoms with van der Waals surface area (Å²) in [5, 5.41) is 6.55. The fourth-order valence-electron chi connectivity index (χ4n) is 1.89. The molecule has 4 heteroatoms. The van der Waals surface area contributed by atoms with E-state index < -0.39 is 0 Å². The molecule has 2 aromatic rings. The predicted octanol–water partition coefficient (Wildman–Crippen LogP) is 3.21. The molecule has 0 spiro atoms. The van der Waals surface area contributed by atoms with Crippen LogP contribution in [0.1, 0.15) is 48.0 Å². The molecule has 0 unspecified atom stereocenters. The second-order valence-corrected chi connectivity index (χ2v) is 5.92. The van der Waals surface area contributed by atoms with Crippen LogP contribution in [-0.4, -0.2) is 11.1 Å². The molecule has 1 heterocycles. The molecule has 0 radical (unpaired) electrons. The molecule has 1 aromatic carbocycles. The van der Waals surface area contributed by atoms with Gasteiger partial charge in [-0.1, -0.05) is 38.1 Å². The van der Waals surface area contributed by atoms with E-state index in [1.54, 1.807) is 6.20 Å². The second-order valence-electron chi connectivity index (χ2n) is 5.92. The minimum Gasteiger partial charge on any atom is -0.361 e. The summed E-state index contributed by atoms with van der Waals surface area (Å²) in [6.07, 6.45) is 1.62. The van der Waals surface area contributed by atoms with Crippen LogP contribution in [-0.2, 0) is 12.0 Å². The number of aromatic nitrogens is 1. The van der Waals surface area contributed by atoms with Gasteiger partial charge in [0.15, 0.2) is 0 Å². The minimum atomic E-state index is -0.0916. The highest BCUT2D eigenvalue weighted by molar-refractivity contribution is 5.94. The average Bonchev–Trinajstić information content (AvgIpc) is 2.81. The summed E-state index contributed by atoms with van der Waals surface area (Å²) in [6, 6.07) is 7.71. The minimum absolute atomic E-state index is 0.0916. The van der Waals surface area contributed by atoms with Gasteiger partial charge in [0.05, 0.1) is 6.20 Å². The van der Waals surface area contributed by atoms with Crippen molar-refractivity contribution in [2.45, 2.75) is 39.7 Å². The van der Waals surface area contributed by atoms with Crippen LogP contribution in [0, 0.1) is 6.92 Å². The normalized spacial score (nSPS) is 11.4. The molecule has 20 heavy (non-hydrogen) atoms. The van der Waals surface area contributed by atoms with E-state index in [4.69, 9.17) is 4.52 Å². The molecule has 4 nitrogen and oxygen atoms in total. The number of nitrogens with one attached hydrogen (secondary N) is 1. The van der Waals surface area contributed by atoms with Crippen molar-refractivity contribution in [3.63, 3.8) is 0 Å². The molecule has 0 aliphatic carbocycles. The molecule has 1 amide bonds. The molecule has 0 aliphatic heterocycles. The van der Waals surface area contributed by atoms with Gasteiger partial charge < -0.3 is 9.84 Å². The SMILES string of the molecule is Cc1oncc1CNC(=O)c1ccc(C(C)(C)C)cc1. The first kappa shape index (κ1) is 14.3. The van der Waals surface area contributed by atoms with Gasteiger partial charge in [-0.05, 0) is 30.0 Å². The first-order chi connectivity index (χ1) is 9.38. The Morgan fingerprint density at radius 2 is 1.90 bits per heavy atom. The van der Waals surface area contributed by atoms with Crippen LogP contribution in [0.15, 0.2) is 35.0 Å². The molecule has 106 valence electrons. The highest BCUT2D eigenvalue weighted by atomic mass is 16.5. The summed E-state index contributed by atoms with van der Waals surface area (Å²) in [5.74, 6) is 0.638. The Morgan fingerprint density at radius 1 is 1.25 bits per heavy atom. The molecular weight excluding hydrogens is 252 g/mol. The quantitative estimate of drug-likeness (QED) is 0.933. The van der Waals surface area contributed by atoms with Crippen molar-refractivity contribution in [3.05, 3.63) is 52.9 Å². The second kappa shape index (κ2) is 5.49. The molecule has 0 fully saturated rings. The van der Waals surface area contributed by atoms with Crippen LogP contribution in [0.25, 0.3) is 0 Å². The van der Waals surface area contributed by atoms with Gasteiger partial charge in [-0.2, -0.15) is 0 Å². The molecule has 0 saturated heterocycles. The fourth-order valence-corrected chi connectivity index (χ4v) is 1.89. The first-order valence-corrected chi connectivity index (χ1v) is 6.67. The van der Waals surface area contributed by atoms with Crippen molar-refractivity contribution < 1.29 is 9.32 Å². The molecule has 0 bridgehead atoms. The van der Waals surface area contributed by atoms with E-state index in [0.717, 1.165) is 11.3 Å². The number of amides is 1. The Kier molecular flexibility index (Phi) is 3.93. The fraction of sp³-hybridized carbons (Fsp3) is 0.375. The zero-order valence-corrected chi connectivity index (χ0v) is 12.4. The van der Waals surface area contributed by atoms with E-state index >= 15 is 0 Å². The molecule has 1 N–H and O–H groups in total. The molecule has 0 aliphatic rings. The number of hydrogen-bond acceptors (Lipinski definition) is 3. The lowest BCUT2D eigenvalue weighted by Gasteiger charge is -2.19. The third-order valence-electron chi connectivity index (χ3n) is 3.30. The van der Waals surface area contributed by atoms with Crippen molar-refractivity contribution in [2.75, 3.05) is 0 Å². The zero-order valence-electron chi connectivity index (χ0n) is 12.4. The van der Waals surface area contributed by atoms with E-state index in [1.807, 2.05) is 31.2 Å². The number of carbonyl (C=O) groups excluding carboxylic acids is 1. The Balaban J connectivity index is 2.01.